The Hall–Kier alpha value is -4.59. The summed E-state index contributed by atoms with van der Waals surface area (Å²) in [7, 11) is 4.45. The fourth-order valence-electron chi connectivity index (χ4n) is 4.08. The lowest BCUT2D eigenvalue weighted by Crippen LogP contribution is -2.25. The van der Waals surface area contributed by atoms with Crippen LogP contribution in [0.2, 0.25) is 0 Å². The molecule has 1 aromatic heterocycles. The number of benzene rings is 3. The summed E-state index contributed by atoms with van der Waals surface area (Å²) >= 11 is 0. The number of hydrogen-bond donors (Lipinski definition) is 1. The maximum absolute atomic E-state index is 13.6. The number of methoxy groups -OCH3 is 3. The Morgan fingerprint density at radius 1 is 0.919 bits per heavy atom. The van der Waals surface area contributed by atoms with E-state index in [0.717, 1.165) is 12.0 Å². The van der Waals surface area contributed by atoms with Crippen LogP contribution < -0.4 is 25.0 Å². The second-order valence-corrected chi connectivity index (χ2v) is 8.30. The van der Waals surface area contributed by atoms with Crippen molar-refractivity contribution in [3.63, 3.8) is 0 Å². The van der Waals surface area contributed by atoms with Gasteiger partial charge in [0.2, 0.25) is 11.2 Å². The van der Waals surface area contributed by atoms with E-state index in [9.17, 15) is 9.59 Å². The van der Waals surface area contributed by atoms with Gasteiger partial charge in [-0.3, -0.25) is 9.59 Å². The number of anilines is 1. The van der Waals surface area contributed by atoms with Crippen molar-refractivity contribution in [2.24, 2.45) is 0 Å². The van der Waals surface area contributed by atoms with E-state index in [1.54, 1.807) is 23.7 Å². The number of aromatic nitrogens is 2. The van der Waals surface area contributed by atoms with E-state index in [1.165, 1.54) is 21.3 Å². The predicted octanol–water partition coefficient (Wildman–Crippen LogP) is 5.05. The maximum atomic E-state index is 13.6. The molecule has 0 spiro atoms. The van der Waals surface area contributed by atoms with Crippen molar-refractivity contribution >= 4 is 11.7 Å². The first-order chi connectivity index (χ1) is 17.9. The van der Waals surface area contributed by atoms with E-state index in [2.05, 4.69) is 17.3 Å². The monoisotopic (exact) mass is 499 g/mol. The van der Waals surface area contributed by atoms with Gasteiger partial charge in [0.15, 0.2) is 11.5 Å². The number of rotatable bonds is 8. The molecule has 0 aliphatic rings. The molecule has 190 valence electrons. The normalized spacial score (nSPS) is 10.6. The van der Waals surface area contributed by atoms with Crippen molar-refractivity contribution in [1.29, 1.82) is 0 Å². The van der Waals surface area contributed by atoms with Crippen LogP contribution >= 0.6 is 0 Å². The van der Waals surface area contributed by atoms with Gasteiger partial charge in [0, 0.05) is 5.56 Å². The number of nitrogens with one attached hydrogen (secondary N) is 1. The summed E-state index contributed by atoms with van der Waals surface area (Å²) in [4.78, 5) is 27.0. The molecule has 0 bridgehead atoms. The third-order valence-electron chi connectivity index (χ3n) is 6.06. The zero-order chi connectivity index (χ0) is 26.5. The quantitative estimate of drug-likeness (QED) is 0.365. The van der Waals surface area contributed by atoms with Gasteiger partial charge >= 0.3 is 0 Å². The van der Waals surface area contributed by atoms with E-state index in [1.807, 2.05) is 54.6 Å². The van der Waals surface area contributed by atoms with Gasteiger partial charge in [0.05, 0.1) is 32.6 Å². The first kappa shape index (κ1) is 25.5. The van der Waals surface area contributed by atoms with Crippen molar-refractivity contribution in [1.82, 2.24) is 9.78 Å². The SMILES string of the molecule is CCc1ccc(-n2nc(C)c(=O)c(-c3ccccc3)c2NC(=O)c2cc(OC)c(OC)c(OC)c2)cc1. The highest BCUT2D eigenvalue weighted by atomic mass is 16.5. The molecule has 8 heteroatoms. The Morgan fingerprint density at radius 2 is 1.54 bits per heavy atom. The summed E-state index contributed by atoms with van der Waals surface area (Å²) in [6.45, 7) is 3.74. The van der Waals surface area contributed by atoms with E-state index in [-0.39, 0.29) is 16.8 Å². The number of ether oxygens (including phenoxy) is 3. The molecule has 37 heavy (non-hydrogen) atoms. The van der Waals surface area contributed by atoms with Crippen molar-refractivity contribution in [3.05, 3.63) is 93.8 Å². The van der Waals surface area contributed by atoms with Crippen LogP contribution in [0.1, 0.15) is 28.5 Å². The van der Waals surface area contributed by atoms with Crippen LogP contribution in [0.5, 0.6) is 17.2 Å². The standard InChI is InChI=1S/C29H29N3O5/c1-6-19-12-14-22(15-13-19)32-28(25(26(33)18(2)31-32)20-10-8-7-9-11-20)30-29(34)21-16-23(35-3)27(37-5)24(17-21)36-4/h7-17H,6H2,1-5H3,(H,30,34). The number of hydrogen-bond acceptors (Lipinski definition) is 6. The molecule has 0 unspecified atom stereocenters. The third-order valence-corrected chi connectivity index (χ3v) is 6.06. The molecular weight excluding hydrogens is 470 g/mol. The van der Waals surface area contributed by atoms with Gasteiger partial charge in [0.25, 0.3) is 5.91 Å². The van der Waals surface area contributed by atoms with Crippen LogP contribution in [0, 0.1) is 6.92 Å². The number of carbonyl (C=O) groups is 1. The molecule has 0 aliphatic heterocycles. The Bertz CT molecular complexity index is 1450. The summed E-state index contributed by atoms with van der Waals surface area (Å²) in [5.74, 6) is 0.830. The highest BCUT2D eigenvalue weighted by molar-refractivity contribution is 6.06. The van der Waals surface area contributed by atoms with Gasteiger partial charge in [-0.2, -0.15) is 5.10 Å². The van der Waals surface area contributed by atoms with Gasteiger partial charge in [-0.25, -0.2) is 4.68 Å². The first-order valence-corrected chi connectivity index (χ1v) is 11.8. The van der Waals surface area contributed by atoms with Gasteiger partial charge in [-0.15, -0.1) is 0 Å². The predicted molar refractivity (Wildman–Crippen MR) is 143 cm³/mol. The third kappa shape index (κ3) is 5.04. The van der Waals surface area contributed by atoms with Crippen LogP contribution in [-0.2, 0) is 6.42 Å². The average molecular weight is 500 g/mol. The minimum atomic E-state index is -0.472. The average Bonchev–Trinajstić information content (AvgIpc) is 2.94. The van der Waals surface area contributed by atoms with Crippen molar-refractivity contribution in [2.45, 2.75) is 20.3 Å². The zero-order valence-corrected chi connectivity index (χ0v) is 21.5. The Balaban J connectivity index is 1.92. The Morgan fingerprint density at radius 3 is 2.08 bits per heavy atom. The molecule has 3 aromatic carbocycles. The lowest BCUT2D eigenvalue weighted by atomic mass is 10.0. The van der Waals surface area contributed by atoms with Gasteiger partial charge < -0.3 is 19.5 Å². The van der Waals surface area contributed by atoms with Gasteiger partial charge in [-0.1, -0.05) is 49.4 Å². The van der Waals surface area contributed by atoms with Gasteiger partial charge in [0.1, 0.15) is 11.5 Å². The van der Waals surface area contributed by atoms with Crippen LogP contribution in [0.15, 0.2) is 71.5 Å². The molecule has 1 N–H and O–H groups in total. The highest BCUT2D eigenvalue weighted by Crippen LogP contribution is 2.38. The van der Waals surface area contributed by atoms with E-state index in [0.29, 0.717) is 39.8 Å². The summed E-state index contributed by atoms with van der Waals surface area (Å²) in [5.41, 5.74) is 3.17. The van der Waals surface area contributed by atoms with Crippen LogP contribution in [0.3, 0.4) is 0 Å². The fourth-order valence-corrected chi connectivity index (χ4v) is 4.08. The maximum Gasteiger partial charge on any atom is 0.257 e. The first-order valence-electron chi connectivity index (χ1n) is 11.8. The molecule has 4 rings (SSSR count). The molecule has 0 saturated carbocycles. The Labute approximate surface area is 215 Å². The summed E-state index contributed by atoms with van der Waals surface area (Å²) < 4.78 is 17.8. The smallest absolute Gasteiger partial charge is 0.257 e. The Kier molecular flexibility index (Phi) is 7.57. The largest absolute Gasteiger partial charge is 0.493 e. The number of carbonyl (C=O) groups excluding carboxylic acids is 1. The molecular formula is C29H29N3O5. The summed E-state index contributed by atoms with van der Waals surface area (Å²) in [5, 5.41) is 7.48. The van der Waals surface area contributed by atoms with E-state index in [4.69, 9.17) is 14.2 Å². The molecule has 0 saturated heterocycles. The molecule has 0 fully saturated rings. The van der Waals surface area contributed by atoms with Gasteiger partial charge in [-0.05, 0) is 48.7 Å². The molecule has 1 heterocycles. The minimum absolute atomic E-state index is 0.254. The molecule has 1 amide bonds. The zero-order valence-electron chi connectivity index (χ0n) is 21.5. The highest BCUT2D eigenvalue weighted by Gasteiger charge is 2.23. The van der Waals surface area contributed by atoms with Crippen molar-refractivity contribution < 1.29 is 19.0 Å². The van der Waals surface area contributed by atoms with Crippen LogP contribution in [0.4, 0.5) is 5.82 Å². The topological polar surface area (TPSA) is 91.7 Å². The van der Waals surface area contributed by atoms with Crippen LogP contribution in [0.25, 0.3) is 16.8 Å². The number of amides is 1. The molecule has 0 atom stereocenters. The molecule has 0 aliphatic carbocycles. The van der Waals surface area contributed by atoms with Crippen LogP contribution in [-0.4, -0.2) is 37.0 Å². The minimum Gasteiger partial charge on any atom is -0.493 e. The number of aryl methyl sites for hydroxylation is 2. The molecule has 8 nitrogen and oxygen atoms in total. The fraction of sp³-hybridized carbons (Fsp3) is 0.207. The second kappa shape index (κ2) is 11.0. The summed E-state index contributed by atoms with van der Waals surface area (Å²) in [6.07, 6.45) is 0.886. The summed E-state index contributed by atoms with van der Waals surface area (Å²) in [6, 6.07) is 20.1. The molecule has 0 radical (unpaired) electrons. The molecule has 4 aromatic rings. The van der Waals surface area contributed by atoms with E-state index >= 15 is 0 Å². The second-order valence-electron chi connectivity index (χ2n) is 8.30. The van der Waals surface area contributed by atoms with Crippen molar-refractivity contribution in [3.8, 4) is 34.1 Å². The van der Waals surface area contributed by atoms with Crippen molar-refractivity contribution in [2.75, 3.05) is 26.6 Å². The van der Waals surface area contributed by atoms with E-state index < -0.39 is 5.91 Å². The lowest BCUT2D eigenvalue weighted by Gasteiger charge is -2.19. The number of nitrogens with zero attached hydrogens (tertiary/aromatic N) is 2. The lowest BCUT2D eigenvalue weighted by molar-refractivity contribution is 0.102.